The molecule has 1 unspecified atom stereocenters. The van der Waals surface area contributed by atoms with Crippen LogP contribution in [0.4, 0.5) is 4.39 Å². The van der Waals surface area contributed by atoms with Crippen LogP contribution in [0.2, 0.25) is 0 Å². The average Bonchev–Trinajstić information content (AvgIpc) is 2.28. The van der Waals surface area contributed by atoms with Crippen molar-refractivity contribution in [2.45, 2.75) is 18.4 Å². The van der Waals surface area contributed by atoms with E-state index in [1.165, 1.54) is 17.8 Å². The molecule has 0 aliphatic carbocycles. The highest BCUT2D eigenvalue weighted by molar-refractivity contribution is 7.99. The first-order chi connectivity index (χ1) is 7.69. The Morgan fingerprint density at radius 3 is 2.88 bits per heavy atom. The van der Waals surface area contributed by atoms with Crippen molar-refractivity contribution in [1.82, 2.24) is 5.32 Å². The summed E-state index contributed by atoms with van der Waals surface area (Å²) in [5.74, 6) is 0.740. The molecule has 0 aliphatic heterocycles. The van der Waals surface area contributed by atoms with Gasteiger partial charge in [0, 0.05) is 23.8 Å². The Bertz CT molecular complexity index is 333. The van der Waals surface area contributed by atoms with Gasteiger partial charge in [-0.2, -0.15) is 0 Å². The third kappa shape index (κ3) is 3.77. The summed E-state index contributed by atoms with van der Waals surface area (Å²) in [4.78, 5) is 0.692. The number of rotatable bonds is 6. The number of aliphatic hydroxyl groups is 1. The van der Waals surface area contributed by atoms with Gasteiger partial charge in [0.25, 0.3) is 0 Å². The van der Waals surface area contributed by atoms with E-state index in [0.717, 1.165) is 11.3 Å². The van der Waals surface area contributed by atoms with Crippen LogP contribution >= 0.6 is 11.8 Å². The van der Waals surface area contributed by atoms with E-state index < -0.39 is 0 Å². The average molecular weight is 243 g/mol. The van der Waals surface area contributed by atoms with Gasteiger partial charge in [-0.25, -0.2) is 4.39 Å². The topological polar surface area (TPSA) is 32.3 Å². The van der Waals surface area contributed by atoms with Crippen LogP contribution in [0.5, 0.6) is 0 Å². The lowest BCUT2D eigenvalue weighted by Gasteiger charge is -2.12. The fraction of sp³-hybridized carbons (Fsp3) is 0.500. The predicted molar refractivity (Wildman–Crippen MR) is 66.1 cm³/mol. The molecule has 0 radical (unpaired) electrons. The van der Waals surface area contributed by atoms with Gasteiger partial charge in [0.2, 0.25) is 0 Å². The summed E-state index contributed by atoms with van der Waals surface area (Å²) in [5, 5.41) is 12.0. The summed E-state index contributed by atoms with van der Waals surface area (Å²) < 4.78 is 13.6. The molecule has 1 aromatic rings. The van der Waals surface area contributed by atoms with Gasteiger partial charge in [-0.1, -0.05) is 19.1 Å². The largest absolute Gasteiger partial charge is 0.396 e. The Morgan fingerprint density at radius 1 is 1.50 bits per heavy atom. The highest BCUT2D eigenvalue weighted by atomic mass is 32.2. The molecule has 1 aromatic carbocycles. The molecular formula is C12H18FNOS. The van der Waals surface area contributed by atoms with Crippen molar-refractivity contribution in [3.05, 3.63) is 29.6 Å². The van der Waals surface area contributed by atoms with E-state index in [-0.39, 0.29) is 18.3 Å². The van der Waals surface area contributed by atoms with Crippen molar-refractivity contribution in [2.24, 2.45) is 5.92 Å². The highest BCUT2D eigenvalue weighted by Gasteiger charge is 2.10. The van der Waals surface area contributed by atoms with E-state index in [9.17, 15) is 4.39 Å². The van der Waals surface area contributed by atoms with E-state index in [0.29, 0.717) is 11.4 Å². The number of nitrogens with one attached hydrogen (secondary N) is 1. The van der Waals surface area contributed by atoms with Gasteiger partial charge in [0.1, 0.15) is 5.82 Å². The fourth-order valence-corrected chi connectivity index (χ4v) is 2.41. The Morgan fingerprint density at radius 2 is 2.25 bits per heavy atom. The molecule has 0 saturated carbocycles. The van der Waals surface area contributed by atoms with Gasteiger partial charge in [0.05, 0.1) is 0 Å². The van der Waals surface area contributed by atoms with Crippen LogP contribution < -0.4 is 5.32 Å². The molecule has 0 bridgehead atoms. The van der Waals surface area contributed by atoms with Crippen LogP contribution in [0.3, 0.4) is 0 Å². The minimum atomic E-state index is -0.178. The normalized spacial score (nSPS) is 12.8. The van der Waals surface area contributed by atoms with E-state index in [1.807, 2.05) is 20.0 Å². The standard InChI is InChI=1S/C12H18FNOS/c1-9(7-15)8-16-12-10(6-14-2)4-3-5-11(12)13/h3-5,9,14-15H,6-8H2,1-2H3. The van der Waals surface area contributed by atoms with E-state index in [1.54, 1.807) is 6.07 Å². The molecule has 2 N–H and O–H groups in total. The molecule has 0 amide bonds. The second-order valence-corrected chi connectivity index (χ2v) is 4.89. The Kier molecular flexibility index (Phi) is 5.80. The molecule has 0 spiro atoms. The Labute approximate surface area is 100 Å². The van der Waals surface area contributed by atoms with E-state index in [4.69, 9.17) is 5.11 Å². The summed E-state index contributed by atoms with van der Waals surface area (Å²) in [6, 6.07) is 5.12. The van der Waals surface area contributed by atoms with Gasteiger partial charge in [0.15, 0.2) is 0 Å². The summed E-state index contributed by atoms with van der Waals surface area (Å²) in [6.07, 6.45) is 0. The molecule has 0 heterocycles. The number of aliphatic hydroxyl groups excluding tert-OH is 1. The molecule has 0 aromatic heterocycles. The lowest BCUT2D eigenvalue weighted by Crippen LogP contribution is -2.08. The van der Waals surface area contributed by atoms with Gasteiger partial charge >= 0.3 is 0 Å². The predicted octanol–water partition coefficient (Wildman–Crippen LogP) is 2.27. The molecule has 4 heteroatoms. The van der Waals surface area contributed by atoms with Crippen LogP contribution in [-0.4, -0.2) is 24.5 Å². The maximum Gasteiger partial charge on any atom is 0.137 e. The smallest absolute Gasteiger partial charge is 0.137 e. The molecule has 0 fully saturated rings. The maximum atomic E-state index is 13.6. The second-order valence-electron chi connectivity index (χ2n) is 3.86. The summed E-state index contributed by atoms with van der Waals surface area (Å²) >= 11 is 1.47. The fourth-order valence-electron chi connectivity index (χ4n) is 1.32. The SMILES string of the molecule is CNCc1cccc(F)c1SCC(C)CO. The quantitative estimate of drug-likeness (QED) is 0.752. The third-order valence-electron chi connectivity index (χ3n) is 2.24. The molecule has 2 nitrogen and oxygen atoms in total. The number of thioether (sulfide) groups is 1. The minimum absolute atomic E-state index is 0.142. The number of hydrogen-bond acceptors (Lipinski definition) is 3. The Balaban J connectivity index is 2.75. The van der Waals surface area contributed by atoms with Gasteiger partial charge in [-0.3, -0.25) is 0 Å². The van der Waals surface area contributed by atoms with E-state index >= 15 is 0 Å². The molecule has 0 aliphatic rings. The van der Waals surface area contributed by atoms with Gasteiger partial charge in [-0.15, -0.1) is 11.8 Å². The van der Waals surface area contributed by atoms with Crippen molar-refractivity contribution < 1.29 is 9.50 Å². The third-order valence-corrected chi connectivity index (χ3v) is 3.72. The molecular weight excluding hydrogens is 225 g/mol. The molecule has 0 saturated heterocycles. The van der Waals surface area contributed by atoms with Crippen LogP contribution in [0.15, 0.2) is 23.1 Å². The number of benzene rings is 1. The van der Waals surface area contributed by atoms with Gasteiger partial charge < -0.3 is 10.4 Å². The van der Waals surface area contributed by atoms with Crippen molar-refractivity contribution >= 4 is 11.8 Å². The zero-order valence-corrected chi connectivity index (χ0v) is 10.5. The first-order valence-corrected chi connectivity index (χ1v) is 6.33. The minimum Gasteiger partial charge on any atom is -0.396 e. The van der Waals surface area contributed by atoms with Crippen LogP contribution in [0.25, 0.3) is 0 Å². The molecule has 1 atom stereocenters. The zero-order chi connectivity index (χ0) is 12.0. The number of halogens is 1. The summed E-state index contributed by atoms with van der Waals surface area (Å²) in [6.45, 7) is 2.75. The van der Waals surface area contributed by atoms with E-state index in [2.05, 4.69) is 5.32 Å². The van der Waals surface area contributed by atoms with Crippen molar-refractivity contribution in [2.75, 3.05) is 19.4 Å². The molecule has 16 heavy (non-hydrogen) atoms. The molecule has 1 rings (SSSR count). The highest BCUT2D eigenvalue weighted by Crippen LogP contribution is 2.27. The molecule has 90 valence electrons. The zero-order valence-electron chi connectivity index (χ0n) is 9.66. The lowest BCUT2D eigenvalue weighted by molar-refractivity contribution is 0.250. The van der Waals surface area contributed by atoms with Gasteiger partial charge in [-0.05, 0) is 24.6 Å². The van der Waals surface area contributed by atoms with Crippen LogP contribution in [-0.2, 0) is 6.54 Å². The van der Waals surface area contributed by atoms with Crippen molar-refractivity contribution in [1.29, 1.82) is 0 Å². The Hall–Kier alpha value is -0.580. The van der Waals surface area contributed by atoms with Crippen LogP contribution in [0.1, 0.15) is 12.5 Å². The maximum absolute atomic E-state index is 13.6. The van der Waals surface area contributed by atoms with Crippen molar-refractivity contribution in [3.8, 4) is 0 Å². The van der Waals surface area contributed by atoms with Crippen molar-refractivity contribution in [3.63, 3.8) is 0 Å². The summed E-state index contributed by atoms with van der Waals surface area (Å²) in [5.41, 5.74) is 0.970. The monoisotopic (exact) mass is 243 g/mol. The first kappa shape index (κ1) is 13.5. The number of hydrogen-bond donors (Lipinski definition) is 2. The van der Waals surface area contributed by atoms with Crippen LogP contribution in [0, 0.1) is 11.7 Å². The second kappa shape index (κ2) is 6.89. The lowest BCUT2D eigenvalue weighted by atomic mass is 10.2. The first-order valence-electron chi connectivity index (χ1n) is 5.34. The summed E-state index contributed by atoms with van der Waals surface area (Å²) in [7, 11) is 1.84.